The van der Waals surface area contributed by atoms with Crippen LogP contribution in [0.25, 0.3) is 11.3 Å². The van der Waals surface area contributed by atoms with E-state index in [-0.39, 0.29) is 12.3 Å². The Labute approximate surface area is 163 Å². The number of nitrogens with zero attached hydrogens (tertiary/aromatic N) is 1. The van der Waals surface area contributed by atoms with Gasteiger partial charge in [-0.05, 0) is 55.3 Å². The molecule has 0 aliphatic rings. The Morgan fingerprint density at radius 3 is 2.67 bits per heavy atom. The van der Waals surface area contributed by atoms with Crippen molar-refractivity contribution in [1.82, 2.24) is 4.98 Å². The molecule has 0 saturated heterocycles. The number of nitrogens with one attached hydrogen (secondary N) is 1. The van der Waals surface area contributed by atoms with Gasteiger partial charge in [0.15, 0.2) is 5.13 Å². The molecule has 3 aromatic rings. The summed E-state index contributed by atoms with van der Waals surface area (Å²) in [6.07, 6.45) is 0.269. The number of aryl methyl sites for hydroxylation is 2. The van der Waals surface area contributed by atoms with Gasteiger partial charge < -0.3 is 14.8 Å². The number of aromatic nitrogens is 1. The predicted octanol–water partition coefficient (Wildman–Crippen LogP) is 4.84. The number of hydrogen-bond donors (Lipinski definition) is 1. The molecule has 3 rings (SSSR count). The van der Waals surface area contributed by atoms with E-state index >= 15 is 0 Å². The van der Waals surface area contributed by atoms with Gasteiger partial charge in [0.25, 0.3) is 0 Å². The van der Waals surface area contributed by atoms with E-state index in [1.54, 1.807) is 7.11 Å². The second-order valence-electron chi connectivity index (χ2n) is 6.18. The van der Waals surface area contributed by atoms with Gasteiger partial charge in [0.2, 0.25) is 5.91 Å². The molecular weight excluding hydrogens is 360 g/mol. The van der Waals surface area contributed by atoms with E-state index in [0.29, 0.717) is 11.7 Å². The zero-order valence-electron chi connectivity index (χ0n) is 15.6. The van der Waals surface area contributed by atoms with Crippen molar-refractivity contribution >= 4 is 22.4 Å². The van der Waals surface area contributed by atoms with Crippen molar-refractivity contribution in [2.75, 3.05) is 19.0 Å². The third-order valence-electron chi connectivity index (χ3n) is 4.07. The van der Waals surface area contributed by atoms with Gasteiger partial charge in [0.05, 0.1) is 25.8 Å². The van der Waals surface area contributed by atoms with E-state index in [0.717, 1.165) is 33.9 Å². The van der Waals surface area contributed by atoms with Gasteiger partial charge in [0.1, 0.15) is 11.5 Å². The summed E-state index contributed by atoms with van der Waals surface area (Å²) in [5.74, 6) is 1.50. The van der Waals surface area contributed by atoms with Crippen LogP contribution in [0.4, 0.5) is 5.13 Å². The Bertz CT molecular complexity index is 919. The molecule has 0 aliphatic carbocycles. The Morgan fingerprint density at radius 2 is 1.93 bits per heavy atom. The number of methoxy groups -OCH3 is 1. The van der Waals surface area contributed by atoms with E-state index in [1.165, 1.54) is 11.3 Å². The van der Waals surface area contributed by atoms with Crippen LogP contribution in [-0.2, 0) is 4.79 Å². The van der Waals surface area contributed by atoms with Gasteiger partial charge in [-0.3, -0.25) is 4.79 Å². The van der Waals surface area contributed by atoms with Gasteiger partial charge in [-0.25, -0.2) is 4.98 Å². The normalized spacial score (nSPS) is 10.5. The minimum absolute atomic E-state index is 0.115. The summed E-state index contributed by atoms with van der Waals surface area (Å²) in [5.41, 5.74) is 3.99. The summed E-state index contributed by atoms with van der Waals surface area (Å²) in [7, 11) is 1.63. The molecule has 0 fully saturated rings. The highest BCUT2D eigenvalue weighted by molar-refractivity contribution is 7.14. The van der Waals surface area contributed by atoms with Crippen LogP contribution in [0.15, 0.2) is 47.8 Å². The maximum atomic E-state index is 12.1. The first kappa shape index (κ1) is 18.9. The highest BCUT2D eigenvalue weighted by Gasteiger charge is 2.09. The molecule has 1 heterocycles. The van der Waals surface area contributed by atoms with Crippen molar-refractivity contribution < 1.29 is 14.3 Å². The lowest BCUT2D eigenvalue weighted by Crippen LogP contribution is -2.15. The molecule has 140 valence electrons. The maximum Gasteiger partial charge on any atom is 0.229 e. The number of carbonyl (C=O) groups excluding carboxylic acids is 1. The molecule has 27 heavy (non-hydrogen) atoms. The van der Waals surface area contributed by atoms with Gasteiger partial charge in [-0.1, -0.05) is 12.1 Å². The van der Waals surface area contributed by atoms with Crippen LogP contribution in [0.2, 0.25) is 0 Å². The molecule has 1 amide bonds. The van der Waals surface area contributed by atoms with E-state index in [1.807, 2.05) is 61.7 Å². The number of rotatable bonds is 7. The fourth-order valence-corrected chi connectivity index (χ4v) is 3.26. The summed E-state index contributed by atoms with van der Waals surface area (Å²) < 4.78 is 10.9. The fourth-order valence-electron chi connectivity index (χ4n) is 2.52. The van der Waals surface area contributed by atoms with E-state index in [4.69, 9.17) is 9.47 Å². The molecular formula is C21H22N2O3S. The largest absolute Gasteiger partial charge is 0.497 e. The topological polar surface area (TPSA) is 60.5 Å². The molecule has 2 aromatic carbocycles. The quantitative estimate of drug-likeness (QED) is 0.635. The van der Waals surface area contributed by atoms with Gasteiger partial charge in [-0.15, -0.1) is 11.3 Å². The minimum atomic E-state index is -0.115. The molecule has 0 atom stereocenters. The minimum Gasteiger partial charge on any atom is -0.497 e. The lowest BCUT2D eigenvalue weighted by molar-refractivity contribution is -0.116. The molecule has 0 unspecified atom stereocenters. The van der Waals surface area contributed by atoms with Crippen LogP contribution in [0.5, 0.6) is 11.5 Å². The molecule has 5 nitrogen and oxygen atoms in total. The van der Waals surface area contributed by atoms with Crippen LogP contribution >= 0.6 is 11.3 Å². The van der Waals surface area contributed by atoms with Crippen molar-refractivity contribution in [2.24, 2.45) is 0 Å². The zero-order chi connectivity index (χ0) is 19.2. The molecule has 0 radical (unpaired) electrons. The molecule has 0 aliphatic heterocycles. The maximum absolute atomic E-state index is 12.1. The van der Waals surface area contributed by atoms with Gasteiger partial charge in [-0.2, -0.15) is 0 Å². The van der Waals surface area contributed by atoms with Crippen LogP contribution < -0.4 is 14.8 Å². The first-order valence-electron chi connectivity index (χ1n) is 8.65. The summed E-state index contributed by atoms with van der Waals surface area (Å²) in [5, 5.41) is 5.33. The molecule has 1 aromatic heterocycles. The second kappa shape index (κ2) is 8.68. The number of ether oxygens (including phenoxy) is 2. The summed E-state index contributed by atoms with van der Waals surface area (Å²) in [4.78, 5) is 16.6. The SMILES string of the molecule is COc1ccc(-c2csc(NC(=O)CCOc3cc(C)ccc3C)n2)cc1. The van der Waals surface area contributed by atoms with Crippen LogP contribution in [0.3, 0.4) is 0 Å². The molecule has 0 saturated carbocycles. The Balaban J connectivity index is 1.52. The second-order valence-corrected chi connectivity index (χ2v) is 7.04. The van der Waals surface area contributed by atoms with E-state index in [9.17, 15) is 4.79 Å². The van der Waals surface area contributed by atoms with Crippen LogP contribution in [0, 0.1) is 13.8 Å². The van der Waals surface area contributed by atoms with Crippen molar-refractivity contribution in [2.45, 2.75) is 20.3 Å². The number of thiazole rings is 1. The number of carbonyl (C=O) groups is 1. The lowest BCUT2D eigenvalue weighted by atomic mass is 10.1. The summed E-state index contributed by atoms with van der Waals surface area (Å²) in [6.45, 7) is 4.33. The standard InChI is InChI=1S/C21H22N2O3S/c1-14-4-5-15(2)19(12-14)26-11-10-20(24)23-21-22-18(13-27-21)16-6-8-17(25-3)9-7-16/h4-9,12-13H,10-11H2,1-3H3,(H,22,23,24). The number of amides is 1. The van der Waals surface area contributed by atoms with Crippen molar-refractivity contribution in [3.05, 3.63) is 59.0 Å². The lowest BCUT2D eigenvalue weighted by Gasteiger charge is -2.09. The van der Waals surface area contributed by atoms with E-state index in [2.05, 4.69) is 10.3 Å². The summed E-state index contributed by atoms with van der Waals surface area (Å²) in [6, 6.07) is 13.7. The first-order valence-corrected chi connectivity index (χ1v) is 9.53. The monoisotopic (exact) mass is 382 g/mol. The predicted molar refractivity (Wildman–Crippen MR) is 109 cm³/mol. The smallest absolute Gasteiger partial charge is 0.229 e. The zero-order valence-corrected chi connectivity index (χ0v) is 16.4. The number of benzene rings is 2. The number of hydrogen-bond acceptors (Lipinski definition) is 5. The molecule has 0 bridgehead atoms. The Kier molecular flexibility index (Phi) is 6.08. The van der Waals surface area contributed by atoms with Crippen LogP contribution in [-0.4, -0.2) is 24.6 Å². The third-order valence-corrected chi connectivity index (χ3v) is 4.82. The van der Waals surface area contributed by atoms with Crippen LogP contribution in [0.1, 0.15) is 17.5 Å². The molecule has 0 spiro atoms. The molecule has 1 N–H and O–H groups in total. The average molecular weight is 382 g/mol. The van der Waals surface area contributed by atoms with Crippen molar-refractivity contribution in [3.8, 4) is 22.8 Å². The molecule has 6 heteroatoms. The van der Waals surface area contributed by atoms with Crippen molar-refractivity contribution in [3.63, 3.8) is 0 Å². The Morgan fingerprint density at radius 1 is 1.15 bits per heavy atom. The average Bonchev–Trinajstić information content (AvgIpc) is 3.13. The Hall–Kier alpha value is -2.86. The number of anilines is 1. The van der Waals surface area contributed by atoms with Crippen molar-refractivity contribution in [1.29, 1.82) is 0 Å². The van der Waals surface area contributed by atoms with Gasteiger partial charge in [0, 0.05) is 10.9 Å². The third kappa shape index (κ3) is 5.08. The fraction of sp³-hybridized carbons (Fsp3) is 0.238. The summed E-state index contributed by atoms with van der Waals surface area (Å²) >= 11 is 1.40. The highest BCUT2D eigenvalue weighted by atomic mass is 32.1. The van der Waals surface area contributed by atoms with Gasteiger partial charge >= 0.3 is 0 Å². The highest BCUT2D eigenvalue weighted by Crippen LogP contribution is 2.26. The first-order chi connectivity index (χ1) is 13.0. The van der Waals surface area contributed by atoms with E-state index < -0.39 is 0 Å².